The van der Waals surface area contributed by atoms with Gasteiger partial charge in [0.15, 0.2) is 0 Å². The second kappa shape index (κ2) is 7.31. The van der Waals surface area contributed by atoms with Crippen molar-refractivity contribution in [1.29, 1.82) is 0 Å². The molecule has 0 saturated carbocycles. The number of ether oxygens (including phenoxy) is 1. The average molecular weight is 303 g/mol. The number of carboxylic acid groups (broad SMARTS) is 2. The number of hydrogen-bond donors (Lipinski definition) is 2. The normalized spacial score (nSPS) is 10.7. The summed E-state index contributed by atoms with van der Waals surface area (Å²) in [7, 11) is 0. The minimum absolute atomic E-state index is 0.222. The summed E-state index contributed by atoms with van der Waals surface area (Å²) >= 11 is 0. The number of aliphatic carboxylic acids is 1. The highest BCUT2D eigenvalue weighted by Crippen LogP contribution is 2.26. The van der Waals surface area contributed by atoms with Gasteiger partial charge in [0, 0.05) is 6.42 Å². The monoisotopic (exact) mass is 303 g/mol. The van der Waals surface area contributed by atoms with Crippen molar-refractivity contribution in [1.82, 2.24) is 5.16 Å². The molecule has 0 aliphatic heterocycles. The van der Waals surface area contributed by atoms with Crippen LogP contribution in [0.2, 0.25) is 0 Å². The molecule has 1 rings (SSSR count). The standard InChI is InChI=1S/C6H3F4NO4.C3H6O2/c7-5(8)6(9,10)14-3-1-2(4(12)13)15-11-3;1-2-3(4)5/h1,5H,(H,12,13);2H2,1H3,(H,4,5). The maximum absolute atomic E-state index is 12.2. The lowest BCUT2D eigenvalue weighted by atomic mass is 10.5. The molecule has 0 aliphatic carbocycles. The first-order valence-electron chi connectivity index (χ1n) is 4.87. The molecule has 0 spiro atoms. The molecular formula is C9H9F4NO6. The molecule has 0 aliphatic rings. The molecule has 1 heterocycles. The summed E-state index contributed by atoms with van der Waals surface area (Å²) in [6.45, 7) is 1.60. The van der Waals surface area contributed by atoms with Crippen LogP contribution in [0, 0.1) is 0 Å². The average Bonchev–Trinajstić information content (AvgIpc) is 2.77. The van der Waals surface area contributed by atoms with E-state index < -0.39 is 36.1 Å². The third-order valence-corrected chi connectivity index (χ3v) is 1.50. The first-order valence-corrected chi connectivity index (χ1v) is 4.87. The van der Waals surface area contributed by atoms with E-state index >= 15 is 0 Å². The Morgan fingerprint density at radius 2 is 1.95 bits per heavy atom. The SMILES string of the molecule is CCC(=O)O.O=C(O)c1cc(OC(F)(F)C(F)F)no1. The van der Waals surface area contributed by atoms with Gasteiger partial charge in [0.05, 0.1) is 6.07 Å². The zero-order valence-electron chi connectivity index (χ0n) is 9.85. The Balaban J connectivity index is 0.000000621. The third kappa shape index (κ3) is 6.02. The van der Waals surface area contributed by atoms with Crippen molar-refractivity contribution in [2.24, 2.45) is 0 Å². The molecule has 0 amide bonds. The summed E-state index contributed by atoms with van der Waals surface area (Å²) in [4.78, 5) is 19.6. The number of nitrogens with zero attached hydrogens (tertiary/aromatic N) is 1. The van der Waals surface area contributed by atoms with Crippen molar-refractivity contribution in [3.05, 3.63) is 11.8 Å². The van der Waals surface area contributed by atoms with Crippen molar-refractivity contribution in [2.45, 2.75) is 25.9 Å². The molecule has 0 fully saturated rings. The number of alkyl halides is 4. The molecule has 0 unspecified atom stereocenters. The van der Waals surface area contributed by atoms with E-state index in [4.69, 9.17) is 10.2 Å². The number of rotatable bonds is 5. The maximum Gasteiger partial charge on any atom is 0.462 e. The number of halogens is 4. The first-order chi connectivity index (χ1) is 9.10. The summed E-state index contributed by atoms with van der Waals surface area (Å²) < 4.78 is 55.2. The van der Waals surface area contributed by atoms with Crippen LogP contribution in [-0.2, 0) is 4.79 Å². The quantitative estimate of drug-likeness (QED) is 0.801. The van der Waals surface area contributed by atoms with Crippen molar-refractivity contribution in [3.8, 4) is 5.88 Å². The maximum atomic E-state index is 12.2. The van der Waals surface area contributed by atoms with E-state index in [0.717, 1.165) is 0 Å². The summed E-state index contributed by atoms with van der Waals surface area (Å²) in [5.74, 6) is -4.16. The van der Waals surface area contributed by atoms with Gasteiger partial charge in [-0.25, -0.2) is 4.79 Å². The van der Waals surface area contributed by atoms with E-state index in [1.54, 1.807) is 6.92 Å². The third-order valence-electron chi connectivity index (χ3n) is 1.50. The van der Waals surface area contributed by atoms with Crippen LogP contribution in [0.1, 0.15) is 23.9 Å². The van der Waals surface area contributed by atoms with Crippen LogP contribution in [0.15, 0.2) is 10.6 Å². The van der Waals surface area contributed by atoms with Gasteiger partial charge >= 0.3 is 24.5 Å². The van der Waals surface area contributed by atoms with Crippen molar-refractivity contribution in [2.75, 3.05) is 0 Å². The fourth-order valence-electron chi connectivity index (χ4n) is 0.592. The number of aromatic carboxylic acids is 1. The predicted octanol–water partition coefficient (Wildman–Crippen LogP) is 2.09. The zero-order valence-corrected chi connectivity index (χ0v) is 9.85. The molecule has 2 N–H and O–H groups in total. The smallest absolute Gasteiger partial charge is 0.462 e. The first kappa shape index (κ1) is 17.7. The van der Waals surface area contributed by atoms with E-state index in [1.807, 2.05) is 0 Å². The molecule has 20 heavy (non-hydrogen) atoms. The van der Waals surface area contributed by atoms with E-state index in [0.29, 0.717) is 6.07 Å². The molecule has 0 aromatic carbocycles. The molecule has 7 nitrogen and oxygen atoms in total. The summed E-state index contributed by atoms with van der Waals surface area (Å²) in [6, 6.07) is 0.457. The van der Waals surface area contributed by atoms with Gasteiger partial charge in [-0.2, -0.15) is 17.6 Å². The summed E-state index contributed by atoms with van der Waals surface area (Å²) in [5.41, 5.74) is 0. The minimum atomic E-state index is -4.74. The highest BCUT2D eigenvalue weighted by molar-refractivity contribution is 5.84. The van der Waals surface area contributed by atoms with E-state index in [1.165, 1.54) is 0 Å². The number of aromatic nitrogens is 1. The Morgan fingerprint density at radius 1 is 1.45 bits per heavy atom. The van der Waals surface area contributed by atoms with Gasteiger partial charge in [-0.05, 0) is 5.16 Å². The fraction of sp³-hybridized carbons (Fsp3) is 0.444. The van der Waals surface area contributed by atoms with Gasteiger partial charge in [-0.1, -0.05) is 6.92 Å². The van der Waals surface area contributed by atoms with Crippen LogP contribution in [0.3, 0.4) is 0 Å². The second-order valence-corrected chi connectivity index (χ2v) is 3.05. The van der Waals surface area contributed by atoms with Gasteiger partial charge in [0.25, 0.3) is 5.88 Å². The van der Waals surface area contributed by atoms with Crippen molar-refractivity contribution >= 4 is 11.9 Å². The molecular weight excluding hydrogens is 294 g/mol. The Bertz CT molecular complexity index is 461. The van der Waals surface area contributed by atoms with Crippen LogP contribution in [0.25, 0.3) is 0 Å². The van der Waals surface area contributed by atoms with Gasteiger partial charge in [0.2, 0.25) is 5.76 Å². The van der Waals surface area contributed by atoms with Gasteiger partial charge in [-0.15, -0.1) is 0 Å². The van der Waals surface area contributed by atoms with E-state index in [-0.39, 0.29) is 6.42 Å². The molecule has 1 aromatic rings. The van der Waals surface area contributed by atoms with Crippen LogP contribution >= 0.6 is 0 Å². The van der Waals surface area contributed by atoms with Crippen LogP contribution in [0.4, 0.5) is 17.6 Å². The Kier molecular flexibility index (Phi) is 6.45. The van der Waals surface area contributed by atoms with Gasteiger partial charge in [-0.3, -0.25) is 4.79 Å². The topological polar surface area (TPSA) is 110 Å². The Hall–Kier alpha value is -2.33. The largest absolute Gasteiger partial charge is 0.481 e. The van der Waals surface area contributed by atoms with Gasteiger partial charge < -0.3 is 19.5 Å². The van der Waals surface area contributed by atoms with E-state index in [2.05, 4.69) is 14.4 Å². The second-order valence-electron chi connectivity index (χ2n) is 3.05. The molecule has 0 atom stereocenters. The lowest BCUT2D eigenvalue weighted by molar-refractivity contribution is -0.255. The lowest BCUT2D eigenvalue weighted by Gasteiger charge is -2.13. The molecule has 1 aromatic heterocycles. The van der Waals surface area contributed by atoms with Crippen LogP contribution in [-0.4, -0.2) is 39.8 Å². The highest BCUT2D eigenvalue weighted by atomic mass is 19.3. The molecule has 0 bridgehead atoms. The number of carboxylic acids is 2. The zero-order chi connectivity index (χ0) is 15.9. The van der Waals surface area contributed by atoms with E-state index in [9.17, 15) is 27.2 Å². The minimum Gasteiger partial charge on any atom is -0.481 e. The summed E-state index contributed by atoms with van der Waals surface area (Å²) in [6.07, 6.45) is -8.57. The number of hydrogen-bond acceptors (Lipinski definition) is 5. The summed E-state index contributed by atoms with van der Waals surface area (Å²) in [5, 5.41) is 18.7. The van der Waals surface area contributed by atoms with Crippen LogP contribution in [0.5, 0.6) is 5.88 Å². The highest BCUT2D eigenvalue weighted by Gasteiger charge is 2.44. The Labute approximate surface area is 108 Å². The molecule has 0 radical (unpaired) electrons. The molecule has 11 heteroatoms. The molecule has 0 saturated heterocycles. The van der Waals surface area contributed by atoms with Gasteiger partial charge in [0.1, 0.15) is 0 Å². The Morgan fingerprint density at radius 3 is 2.25 bits per heavy atom. The van der Waals surface area contributed by atoms with Crippen molar-refractivity contribution in [3.63, 3.8) is 0 Å². The predicted molar refractivity (Wildman–Crippen MR) is 53.0 cm³/mol. The number of carbonyl (C=O) groups is 2. The van der Waals surface area contributed by atoms with Crippen molar-refractivity contribution < 1.29 is 46.6 Å². The fourth-order valence-corrected chi connectivity index (χ4v) is 0.592. The van der Waals surface area contributed by atoms with Crippen LogP contribution < -0.4 is 4.74 Å². The lowest BCUT2D eigenvalue weighted by Crippen LogP contribution is -2.33. The molecule has 114 valence electrons.